The first kappa shape index (κ1) is 18.1. The van der Waals surface area contributed by atoms with Gasteiger partial charge in [-0.3, -0.25) is 4.31 Å². The van der Waals surface area contributed by atoms with Gasteiger partial charge in [-0.05, 0) is 96.9 Å². The molecule has 0 heterocycles. The summed E-state index contributed by atoms with van der Waals surface area (Å²) in [5, 5.41) is 0. The van der Waals surface area contributed by atoms with Gasteiger partial charge in [0.05, 0.1) is 0 Å². The monoisotopic (exact) mass is 371 g/mol. The van der Waals surface area contributed by atoms with Gasteiger partial charge < -0.3 is 0 Å². The minimum absolute atomic E-state index is 1.09. The lowest BCUT2D eigenvalue weighted by atomic mass is 9.92. The van der Waals surface area contributed by atoms with E-state index < -0.39 is 0 Å². The second-order valence-electron chi connectivity index (χ2n) is 7.32. The molecule has 0 saturated carbocycles. The summed E-state index contributed by atoms with van der Waals surface area (Å²) < 4.78 is 2.16. The maximum atomic E-state index is 2.38. The van der Waals surface area contributed by atoms with E-state index in [1.165, 1.54) is 43.8 Å². The van der Waals surface area contributed by atoms with Crippen LogP contribution in [0.25, 0.3) is 11.6 Å². The van der Waals surface area contributed by atoms with E-state index >= 15 is 0 Å². The molecule has 0 aromatic heterocycles. The van der Waals surface area contributed by atoms with Crippen LogP contribution in [-0.4, -0.2) is 18.4 Å². The largest absolute Gasteiger partial charge is 0.253 e. The van der Waals surface area contributed by atoms with Gasteiger partial charge in [0.25, 0.3) is 0 Å². The molecule has 0 atom stereocenters. The maximum Gasteiger partial charge on any atom is 0.0305 e. The molecule has 3 aromatic carbocycles. The summed E-state index contributed by atoms with van der Waals surface area (Å²) in [7, 11) is 4.19. The van der Waals surface area contributed by atoms with Crippen molar-refractivity contribution < 1.29 is 0 Å². The lowest BCUT2D eigenvalue weighted by molar-refractivity contribution is 0.702. The zero-order valence-electron chi connectivity index (χ0n) is 16.2. The van der Waals surface area contributed by atoms with Crippen LogP contribution in [0.5, 0.6) is 0 Å². The van der Waals surface area contributed by atoms with Crippen LogP contribution in [0, 0.1) is 6.92 Å². The zero-order chi connectivity index (χ0) is 18.8. The standard InChI is InChI=1S/C25H25NS/c1-18-12-13-21(25(16-18)27-26(2)3)17-24-22-10-6-4-8-19(22)14-15-20-9-5-7-11-23(20)24/h4-13,16-17H,14-15H2,1-3H3. The normalized spacial score (nSPS) is 13.1. The molecule has 0 bridgehead atoms. The molecule has 136 valence electrons. The molecule has 2 heteroatoms. The summed E-state index contributed by atoms with van der Waals surface area (Å²) in [5.74, 6) is 0. The third-order valence-electron chi connectivity index (χ3n) is 5.03. The van der Waals surface area contributed by atoms with Crippen LogP contribution in [0.4, 0.5) is 0 Å². The zero-order valence-corrected chi connectivity index (χ0v) is 17.0. The fraction of sp³-hybridized carbons (Fsp3) is 0.200. The van der Waals surface area contributed by atoms with E-state index in [1.54, 1.807) is 11.9 Å². The van der Waals surface area contributed by atoms with Gasteiger partial charge in [0.2, 0.25) is 0 Å². The van der Waals surface area contributed by atoms with Gasteiger partial charge in [-0.15, -0.1) is 0 Å². The maximum absolute atomic E-state index is 2.38. The Labute approximate surface area is 166 Å². The summed E-state index contributed by atoms with van der Waals surface area (Å²) >= 11 is 1.78. The molecule has 0 fully saturated rings. The second kappa shape index (κ2) is 7.75. The number of rotatable bonds is 3. The first-order chi connectivity index (χ1) is 13.1. The van der Waals surface area contributed by atoms with Crippen molar-refractivity contribution in [2.75, 3.05) is 14.1 Å². The molecule has 0 radical (unpaired) electrons. The van der Waals surface area contributed by atoms with Crippen molar-refractivity contribution >= 4 is 23.6 Å². The third-order valence-corrected chi connectivity index (χ3v) is 5.94. The fourth-order valence-electron chi connectivity index (χ4n) is 3.76. The van der Waals surface area contributed by atoms with E-state index in [1.807, 2.05) is 0 Å². The summed E-state index contributed by atoms with van der Waals surface area (Å²) in [6, 6.07) is 24.5. The van der Waals surface area contributed by atoms with Crippen molar-refractivity contribution in [1.82, 2.24) is 4.31 Å². The van der Waals surface area contributed by atoms with Crippen LogP contribution < -0.4 is 0 Å². The summed E-state index contributed by atoms with van der Waals surface area (Å²) in [4.78, 5) is 1.30. The summed E-state index contributed by atoms with van der Waals surface area (Å²) in [5.41, 5.74) is 9.52. The van der Waals surface area contributed by atoms with Gasteiger partial charge in [0, 0.05) is 4.90 Å². The number of benzene rings is 3. The summed E-state index contributed by atoms with van der Waals surface area (Å²) in [6.45, 7) is 2.16. The van der Waals surface area contributed by atoms with E-state index in [9.17, 15) is 0 Å². The Balaban J connectivity index is 1.93. The van der Waals surface area contributed by atoms with E-state index in [-0.39, 0.29) is 0 Å². The molecule has 0 unspecified atom stereocenters. The molecule has 0 saturated heterocycles. The Kier molecular flexibility index (Phi) is 5.20. The van der Waals surface area contributed by atoms with Crippen LogP contribution in [0.3, 0.4) is 0 Å². The molecule has 1 aliphatic carbocycles. The van der Waals surface area contributed by atoms with Crippen LogP contribution in [0.15, 0.2) is 71.6 Å². The summed E-state index contributed by atoms with van der Waals surface area (Å²) in [6.07, 6.45) is 4.57. The predicted octanol–water partition coefficient (Wildman–Crippen LogP) is 6.25. The highest BCUT2D eigenvalue weighted by Gasteiger charge is 2.18. The number of aryl methyl sites for hydroxylation is 3. The van der Waals surface area contributed by atoms with Crippen LogP contribution in [-0.2, 0) is 12.8 Å². The number of hydrogen-bond acceptors (Lipinski definition) is 2. The second-order valence-corrected chi connectivity index (χ2v) is 8.67. The molecule has 0 N–H and O–H groups in total. The molecule has 3 aromatic rings. The molecule has 0 spiro atoms. The molecule has 0 aliphatic heterocycles. The van der Waals surface area contributed by atoms with Crippen molar-refractivity contribution in [3.8, 4) is 0 Å². The highest BCUT2D eigenvalue weighted by Crippen LogP contribution is 2.36. The lowest BCUT2D eigenvalue weighted by Gasteiger charge is -2.15. The number of hydrogen-bond donors (Lipinski definition) is 0. The average molecular weight is 372 g/mol. The topological polar surface area (TPSA) is 3.24 Å². The first-order valence-corrected chi connectivity index (χ1v) is 10.2. The molecule has 0 amide bonds. The van der Waals surface area contributed by atoms with Gasteiger partial charge >= 0.3 is 0 Å². The Bertz CT molecular complexity index is 951. The van der Waals surface area contributed by atoms with Gasteiger partial charge in [-0.2, -0.15) is 0 Å². The van der Waals surface area contributed by atoms with Crippen molar-refractivity contribution in [2.24, 2.45) is 0 Å². The number of fused-ring (bicyclic) bond motifs is 2. The molecule has 27 heavy (non-hydrogen) atoms. The lowest BCUT2D eigenvalue weighted by Crippen LogP contribution is -2.00. The molecule has 1 nitrogen and oxygen atoms in total. The molecule has 1 aliphatic rings. The van der Waals surface area contributed by atoms with E-state index in [2.05, 4.69) is 98.1 Å². The Morgan fingerprint density at radius 3 is 2.00 bits per heavy atom. The van der Waals surface area contributed by atoms with Gasteiger partial charge in [-0.25, -0.2) is 0 Å². The minimum atomic E-state index is 1.09. The van der Waals surface area contributed by atoms with Crippen LogP contribution in [0.2, 0.25) is 0 Å². The van der Waals surface area contributed by atoms with Crippen LogP contribution in [0.1, 0.15) is 33.4 Å². The number of nitrogens with zero attached hydrogens (tertiary/aromatic N) is 1. The van der Waals surface area contributed by atoms with Crippen molar-refractivity contribution in [3.05, 3.63) is 100 Å². The Hall–Kier alpha value is -2.29. The highest BCUT2D eigenvalue weighted by atomic mass is 32.2. The Morgan fingerprint density at radius 1 is 0.815 bits per heavy atom. The Morgan fingerprint density at radius 2 is 1.41 bits per heavy atom. The van der Waals surface area contributed by atoms with Gasteiger partial charge in [0.1, 0.15) is 0 Å². The quantitative estimate of drug-likeness (QED) is 0.501. The fourth-order valence-corrected chi connectivity index (χ4v) is 4.63. The van der Waals surface area contributed by atoms with Crippen molar-refractivity contribution in [2.45, 2.75) is 24.7 Å². The van der Waals surface area contributed by atoms with E-state index in [4.69, 9.17) is 0 Å². The SMILES string of the molecule is Cc1ccc(C=C2c3ccccc3CCc3ccccc32)c(SN(C)C)c1. The van der Waals surface area contributed by atoms with Crippen molar-refractivity contribution in [3.63, 3.8) is 0 Å². The smallest absolute Gasteiger partial charge is 0.0305 e. The van der Waals surface area contributed by atoms with Gasteiger partial charge in [-0.1, -0.05) is 60.7 Å². The van der Waals surface area contributed by atoms with Crippen molar-refractivity contribution in [1.29, 1.82) is 0 Å². The predicted molar refractivity (Wildman–Crippen MR) is 118 cm³/mol. The highest BCUT2D eigenvalue weighted by molar-refractivity contribution is 7.97. The van der Waals surface area contributed by atoms with E-state index in [0.717, 1.165) is 12.8 Å². The molecular weight excluding hydrogens is 346 g/mol. The molecule has 4 rings (SSSR count). The third kappa shape index (κ3) is 3.87. The van der Waals surface area contributed by atoms with Crippen LogP contribution >= 0.6 is 11.9 Å². The van der Waals surface area contributed by atoms with Gasteiger partial charge in [0.15, 0.2) is 0 Å². The van der Waals surface area contributed by atoms with E-state index in [0.29, 0.717) is 0 Å². The minimum Gasteiger partial charge on any atom is -0.253 e. The molecular formula is C25H25NS. The first-order valence-electron chi connectivity index (χ1n) is 9.46. The average Bonchev–Trinajstić information content (AvgIpc) is 2.81.